The number of thiocarbonyl (C=S) groups is 1. The predicted molar refractivity (Wildman–Crippen MR) is 136 cm³/mol. The molecule has 3 heterocycles. The summed E-state index contributed by atoms with van der Waals surface area (Å²) in [5.41, 5.74) is 5.60. The molecule has 34 heavy (non-hydrogen) atoms. The lowest BCUT2D eigenvalue weighted by atomic mass is 10.0. The zero-order chi connectivity index (χ0) is 23.7. The standard InChI is InChI=1S/C27H24N4O2S/c1-18-7-5-8-21(17-18)31-25(24(29-27(31)34)22-9-3-4-15-28-22)23-10-6-16-30(23)20-13-11-19(12-14-20)26(32)33-2/h3-17,24-25H,1-2H3,(H,29,34). The number of aromatic nitrogens is 2. The molecule has 1 saturated heterocycles. The topological polar surface area (TPSA) is 59.4 Å². The molecule has 5 rings (SSSR count). The number of anilines is 1. The van der Waals surface area contributed by atoms with Crippen LogP contribution in [0.25, 0.3) is 5.69 Å². The maximum Gasteiger partial charge on any atom is 0.337 e. The number of carbonyl (C=O) groups is 1. The quantitative estimate of drug-likeness (QED) is 0.323. The van der Waals surface area contributed by atoms with Crippen molar-refractivity contribution in [2.75, 3.05) is 12.0 Å². The number of pyridine rings is 1. The van der Waals surface area contributed by atoms with Gasteiger partial charge in [-0.2, -0.15) is 0 Å². The molecule has 0 saturated carbocycles. The van der Waals surface area contributed by atoms with Crippen LogP contribution in [0.5, 0.6) is 0 Å². The number of methoxy groups -OCH3 is 1. The van der Waals surface area contributed by atoms with Crippen molar-refractivity contribution in [3.05, 3.63) is 114 Å². The third kappa shape index (κ3) is 3.95. The van der Waals surface area contributed by atoms with E-state index in [0.29, 0.717) is 10.7 Å². The number of nitrogens with one attached hydrogen (secondary N) is 1. The van der Waals surface area contributed by atoms with Gasteiger partial charge in [0.15, 0.2) is 5.11 Å². The Balaban J connectivity index is 1.62. The minimum Gasteiger partial charge on any atom is -0.465 e. The van der Waals surface area contributed by atoms with Crippen molar-refractivity contribution in [2.45, 2.75) is 19.0 Å². The van der Waals surface area contributed by atoms with Crippen molar-refractivity contribution < 1.29 is 9.53 Å². The molecule has 2 aromatic heterocycles. The van der Waals surface area contributed by atoms with Gasteiger partial charge in [0, 0.05) is 29.5 Å². The van der Waals surface area contributed by atoms with E-state index >= 15 is 0 Å². The molecule has 2 atom stereocenters. The number of ether oxygens (including phenoxy) is 1. The average Bonchev–Trinajstić information content (AvgIpc) is 3.48. The van der Waals surface area contributed by atoms with E-state index in [0.717, 1.165) is 28.3 Å². The lowest BCUT2D eigenvalue weighted by Gasteiger charge is -2.29. The van der Waals surface area contributed by atoms with E-state index in [1.54, 1.807) is 18.3 Å². The molecule has 1 aliphatic heterocycles. The van der Waals surface area contributed by atoms with Gasteiger partial charge >= 0.3 is 5.97 Å². The molecule has 2 unspecified atom stereocenters. The predicted octanol–water partition coefficient (Wildman–Crippen LogP) is 5.14. The van der Waals surface area contributed by atoms with E-state index in [1.807, 2.05) is 48.7 Å². The Hall–Kier alpha value is -3.97. The average molecular weight is 469 g/mol. The summed E-state index contributed by atoms with van der Waals surface area (Å²) in [7, 11) is 1.38. The first kappa shape index (κ1) is 21.9. The Morgan fingerprint density at radius 3 is 2.53 bits per heavy atom. The van der Waals surface area contributed by atoms with Gasteiger partial charge in [0.2, 0.25) is 0 Å². The van der Waals surface area contributed by atoms with Crippen LogP contribution in [0.3, 0.4) is 0 Å². The Morgan fingerprint density at radius 2 is 1.82 bits per heavy atom. The summed E-state index contributed by atoms with van der Waals surface area (Å²) in [6, 6.07) is 25.5. The number of nitrogens with zero attached hydrogens (tertiary/aromatic N) is 3. The second-order valence-electron chi connectivity index (χ2n) is 8.18. The number of carbonyl (C=O) groups excluding carboxylic acids is 1. The SMILES string of the molecule is COC(=O)c1ccc(-n2cccc2C2C(c3ccccn3)NC(=S)N2c2cccc(C)c2)cc1. The highest BCUT2D eigenvalue weighted by Crippen LogP contribution is 2.42. The van der Waals surface area contributed by atoms with E-state index in [2.05, 4.69) is 51.0 Å². The molecule has 0 radical (unpaired) electrons. The van der Waals surface area contributed by atoms with Crippen LogP contribution in [0.1, 0.15) is 39.4 Å². The molecule has 0 spiro atoms. The van der Waals surface area contributed by atoms with E-state index in [1.165, 1.54) is 7.11 Å². The van der Waals surface area contributed by atoms with Gasteiger partial charge in [-0.3, -0.25) is 4.98 Å². The normalized spacial score (nSPS) is 17.5. The van der Waals surface area contributed by atoms with Crippen LogP contribution in [0.2, 0.25) is 0 Å². The fraction of sp³-hybridized carbons (Fsp3) is 0.148. The largest absolute Gasteiger partial charge is 0.465 e. The summed E-state index contributed by atoms with van der Waals surface area (Å²) < 4.78 is 6.96. The summed E-state index contributed by atoms with van der Waals surface area (Å²) in [6.07, 6.45) is 3.82. The number of esters is 1. The van der Waals surface area contributed by atoms with Crippen LogP contribution in [0.15, 0.2) is 91.3 Å². The minimum atomic E-state index is -0.356. The molecule has 4 aromatic rings. The first-order valence-electron chi connectivity index (χ1n) is 11.0. The molecule has 1 aliphatic rings. The monoisotopic (exact) mass is 468 g/mol. The second-order valence-corrected chi connectivity index (χ2v) is 8.56. The van der Waals surface area contributed by atoms with Gasteiger partial charge < -0.3 is 19.5 Å². The summed E-state index contributed by atoms with van der Waals surface area (Å²) in [4.78, 5) is 18.7. The summed E-state index contributed by atoms with van der Waals surface area (Å²) in [5, 5.41) is 4.16. The van der Waals surface area contributed by atoms with E-state index in [4.69, 9.17) is 17.0 Å². The molecular formula is C27H24N4O2S. The Bertz CT molecular complexity index is 1330. The van der Waals surface area contributed by atoms with Crippen LogP contribution < -0.4 is 10.2 Å². The molecule has 1 fully saturated rings. The third-order valence-corrected chi connectivity index (χ3v) is 6.34. The minimum absolute atomic E-state index is 0.139. The molecule has 170 valence electrons. The van der Waals surface area contributed by atoms with Gasteiger partial charge in [0.25, 0.3) is 0 Å². The molecule has 7 heteroatoms. The van der Waals surface area contributed by atoms with Crippen molar-refractivity contribution in [1.29, 1.82) is 0 Å². The summed E-state index contributed by atoms with van der Waals surface area (Å²) in [6.45, 7) is 2.08. The first-order chi connectivity index (χ1) is 16.6. The van der Waals surface area contributed by atoms with Crippen molar-refractivity contribution in [3.63, 3.8) is 0 Å². The number of hydrogen-bond acceptors (Lipinski definition) is 4. The van der Waals surface area contributed by atoms with Crippen LogP contribution in [-0.2, 0) is 4.74 Å². The molecule has 0 amide bonds. The Morgan fingerprint density at radius 1 is 1.00 bits per heavy atom. The number of aryl methyl sites for hydroxylation is 1. The highest BCUT2D eigenvalue weighted by Gasteiger charge is 2.42. The van der Waals surface area contributed by atoms with E-state index in [9.17, 15) is 4.79 Å². The first-order valence-corrected chi connectivity index (χ1v) is 11.4. The van der Waals surface area contributed by atoms with Gasteiger partial charge in [-0.25, -0.2) is 4.79 Å². The zero-order valence-corrected chi connectivity index (χ0v) is 19.7. The fourth-order valence-corrected chi connectivity index (χ4v) is 4.80. The Labute approximate surface area is 203 Å². The van der Waals surface area contributed by atoms with Crippen LogP contribution in [0, 0.1) is 6.92 Å². The summed E-state index contributed by atoms with van der Waals surface area (Å²) >= 11 is 5.84. The number of hydrogen-bond donors (Lipinski definition) is 1. The van der Waals surface area contributed by atoms with Crippen LogP contribution in [-0.4, -0.2) is 27.7 Å². The number of rotatable bonds is 5. The van der Waals surface area contributed by atoms with E-state index in [-0.39, 0.29) is 18.1 Å². The van der Waals surface area contributed by atoms with Gasteiger partial charge in [-0.1, -0.05) is 18.2 Å². The number of benzene rings is 2. The van der Waals surface area contributed by atoms with Gasteiger partial charge in [-0.15, -0.1) is 0 Å². The fourth-order valence-electron chi connectivity index (χ4n) is 4.46. The van der Waals surface area contributed by atoms with Crippen molar-refractivity contribution in [3.8, 4) is 5.69 Å². The maximum absolute atomic E-state index is 11.9. The summed E-state index contributed by atoms with van der Waals surface area (Å²) in [5.74, 6) is -0.356. The zero-order valence-electron chi connectivity index (χ0n) is 18.9. The third-order valence-electron chi connectivity index (χ3n) is 6.03. The molecule has 0 bridgehead atoms. The highest BCUT2D eigenvalue weighted by atomic mass is 32.1. The van der Waals surface area contributed by atoms with Crippen LogP contribution >= 0.6 is 12.2 Å². The lowest BCUT2D eigenvalue weighted by Crippen LogP contribution is -2.30. The lowest BCUT2D eigenvalue weighted by molar-refractivity contribution is 0.0600. The van der Waals surface area contributed by atoms with Crippen molar-refractivity contribution in [1.82, 2.24) is 14.9 Å². The molecule has 0 aliphatic carbocycles. The van der Waals surface area contributed by atoms with Crippen molar-refractivity contribution >= 4 is 29.0 Å². The van der Waals surface area contributed by atoms with Gasteiger partial charge in [0.1, 0.15) is 6.04 Å². The van der Waals surface area contributed by atoms with Crippen molar-refractivity contribution in [2.24, 2.45) is 0 Å². The van der Waals surface area contributed by atoms with E-state index < -0.39 is 0 Å². The van der Waals surface area contributed by atoms with Crippen LogP contribution in [0.4, 0.5) is 5.69 Å². The molecule has 1 N–H and O–H groups in total. The van der Waals surface area contributed by atoms with Gasteiger partial charge in [0.05, 0.1) is 24.4 Å². The maximum atomic E-state index is 11.9. The smallest absolute Gasteiger partial charge is 0.337 e. The Kier molecular flexibility index (Phi) is 5.86. The van der Waals surface area contributed by atoms with Gasteiger partial charge in [-0.05, 0) is 85.4 Å². The molecule has 6 nitrogen and oxygen atoms in total. The molecular weight excluding hydrogens is 444 g/mol. The highest BCUT2D eigenvalue weighted by molar-refractivity contribution is 7.80. The molecule has 2 aromatic carbocycles. The second kappa shape index (κ2) is 9.11.